The van der Waals surface area contributed by atoms with Crippen LogP contribution in [0, 0.1) is 0 Å². The van der Waals surface area contributed by atoms with Crippen LogP contribution in [0.25, 0.3) is 5.69 Å². The minimum absolute atomic E-state index is 0.0355. The van der Waals surface area contributed by atoms with E-state index in [4.69, 9.17) is 0 Å². The van der Waals surface area contributed by atoms with Crippen LogP contribution in [-0.4, -0.2) is 32.5 Å². The molecule has 0 aliphatic heterocycles. The molecular formula is C17H22N4OS. The lowest BCUT2D eigenvalue weighted by Crippen LogP contribution is -2.33. The summed E-state index contributed by atoms with van der Waals surface area (Å²) in [4.78, 5) is 16.6. The third-order valence-electron chi connectivity index (χ3n) is 3.91. The number of rotatable bonds is 7. The third kappa shape index (κ3) is 4.13. The fourth-order valence-corrected chi connectivity index (χ4v) is 2.92. The number of benzene rings is 1. The number of amides is 1. The molecule has 0 bridgehead atoms. The highest BCUT2D eigenvalue weighted by atomic mass is 32.2. The molecule has 1 aromatic carbocycles. The predicted octanol–water partition coefficient (Wildman–Crippen LogP) is 3.15. The number of carbonyl (C=O) groups excluding carboxylic acids is 1. The molecular weight excluding hydrogens is 308 g/mol. The molecule has 1 atom stereocenters. The van der Waals surface area contributed by atoms with Crippen molar-refractivity contribution in [1.82, 2.24) is 20.1 Å². The second kappa shape index (κ2) is 7.17. The first-order valence-electron chi connectivity index (χ1n) is 8.12. The average molecular weight is 330 g/mol. The number of nitrogens with zero attached hydrogens (tertiary/aromatic N) is 3. The molecule has 1 fully saturated rings. The normalized spacial score (nSPS) is 15.4. The van der Waals surface area contributed by atoms with Crippen molar-refractivity contribution in [2.75, 3.05) is 5.75 Å². The summed E-state index contributed by atoms with van der Waals surface area (Å²) >= 11 is 1.40. The fraction of sp³-hybridized carbons (Fsp3) is 0.471. The van der Waals surface area contributed by atoms with Gasteiger partial charge in [-0.25, -0.2) is 9.67 Å². The minimum atomic E-state index is 0.0355. The lowest BCUT2D eigenvalue weighted by atomic mass is 10.3. The molecule has 1 aromatic heterocycles. The van der Waals surface area contributed by atoms with E-state index in [0.717, 1.165) is 17.9 Å². The molecule has 1 heterocycles. The standard InChI is InChI=1S/C17H22N4OS/c1-3-12(2)18-15(22)11-23-17-19-16(13-9-10-13)21(20-17)14-7-5-4-6-8-14/h4-8,12-13H,3,9-11H2,1-2H3,(H,18,22). The van der Waals surface area contributed by atoms with E-state index in [0.29, 0.717) is 16.8 Å². The molecule has 1 amide bonds. The molecule has 2 aromatic rings. The third-order valence-corrected chi connectivity index (χ3v) is 4.75. The molecule has 1 N–H and O–H groups in total. The van der Waals surface area contributed by atoms with Crippen molar-refractivity contribution in [3.05, 3.63) is 36.2 Å². The molecule has 3 rings (SSSR count). The van der Waals surface area contributed by atoms with Crippen molar-refractivity contribution in [2.45, 2.75) is 50.2 Å². The molecule has 1 aliphatic rings. The van der Waals surface area contributed by atoms with E-state index in [-0.39, 0.29) is 11.9 Å². The lowest BCUT2D eigenvalue weighted by Gasteiger charge is -2.09. The van der Waals surface area contributed by atoms with Crippen LogP contribution in [0.15, 0.2) is 35.5 Å². The number of aromatic nitrogens is 3. The van der Waals surface area contributed by atoms with Gasteiger partial charge >= 0.3 is 0 Å². The van der Waals surface area contributed by atoms with Gasteiger partial charge in [-0.3, -0.25) is 4.79 Å². The summed E-state index contributed by atoms with van der Waals surface area (Å²) in [6, 6.07) is 10.3. The highest BCUT2D eigenvalue weighted by molar-refractivity contribution is 7.99. The van der Waals surface area contributed by atoms with Gasteiger partial charge in [-0.15, -0.1) is 5.10 Å². The van der Waals surface area contributed by atoms with Crippen LogP contribution in [0.5, 0.6) is 0 Å². The van der Waals surface area contributed by atoms with Gasteiger partial charge in [-0.05, 0) is 38.3 Å². The Morgan fingerprint density at radius 3 is 2.78 bits per heavy atom. The summed E-state index contributed by atoms with van der Waals surface area (Å²) in [6.45, 7) is 4.07. The van der Waals surface area contributed by atoms with Crippen LogP contribution >= 0.6 is 11.8 Å². The minimum Gasteiger partial charge on any atom is -0.353 e. The zero-order chi connectivity index (χ0) is 16.2. The van der Waals surface area contributed by atoms with Gasteiger partial charge in [0.05, 0.1) is 11.4 Å². The Bertz CT molecular complexity index is 666. The Balaban J connectivity index is 1.70. The van der Waals surface area contributed by atoms with E-state index in [2.05, 4.69) is 22.3 Å². The van der Waals surface area contributed by atoms with Crippen LogP contribution in [0.1, 0.15) is 44.9 Å². The molecule has 6 heteroatoms. The first-order valence-corrected chi connectivity index (χ1v) is 9.10. The van der Waals surface area contributed by atoms with Gasteiger partial charge in [-0.1, -0.05) is 36.9 Å². The summed E-state index contributed by atoms with van der Waals surface area (Å²) in [5.74, 6) is 1.91. The molecule has 122 valence electrons. The number of para-hydroxylation sites is 1. The van der Waals surface area contributed by atoms with E-state index >= 15 is 0 Å². The van der Waals surface area contributed by atoms with Crippen LogP contribution in [0.2, 0.25) is 0 Å². The molecule has 23 heavy (non-hydrogen) atoms. The maximum absolute atomic E-state index is 11.9. The number of hydrogen-bond donors (Lipinski definition) is 1. The van der Waals surface area contributed by atoms with Crippen molar-refractivity contribution < 1.29 is 4.79 Å². The lowest BCUT2D eigenvalue weighted by molar-refractivity contribution is -0.119. The number of carbonyl (C=O) groups is 1. The molecule has 1 aliphatic carbocycles. The maximum atomic E-state index is 11.9. The zero-order valence-electron chi connectivity index (χ0n) is 13.5. The van der Waals surface area contributed by atoms with Crippen molar-refractivity contribution in [3.63, 3.8) is 0 Å². The highest BCUT2D eigenvalue weighted by Crippen LogP contribution is 2.40. The molecule has 0 saturated heterocycles. The van der Waals surface area contributed by atoms with E-state index in [9.17, 15) is 4.79 Å². The quantitative estimate of drug-likeness (QED) is 0.792. The smallest absolute Gasteiger partial charge is 0.230 e. The Hall–Kier alpha value is -1.82. The number of thioether (sulfide) groups is 1. The second-order valence-electron chi connectivity index (χ2n) is 5.94. The van der Waals surface area contributed by atoms with Gasteiger partial charge in [0.2, 0.25) is 11.1 Å². The molecule has 0 spiro atoms. The topological polar surface area (TPSA) is 59.8 Å². The fourth-order valence-electron chi connectivity index (χ4n) is 2.28. The average Bonchev–Trinajstić information content (AvgIpc) is 3.33. The molecule has 1 saturated carbocycles. The summed E-state index contributed by atoms with van der Waals surface area (Å²) in [7, 11) is 0. The van der Waals surface area contributed by atoms with Crippen molar-refractivity contribution in [3.8, 4) is 5.69 Å². The second-order valence-corrected chi connectivity index (χ2v) is 6.88. The van der Waals surface area contributed by atoms with Gasteiger partial charge in [0, 0.05) is 12.0 Å². The molecule has 1 unspecified atom stereocenters. The molecule has 0 radical (unpaired) electrons. The summed E-state index contributed by atoms with van der Waals surface area (Å²) < 4.78 is 1.92. The summed E-state index contributed by atoms with van der Waals surface area (Å²) in [5, 5.41) is 8.24. The maximum Gasteiger partial charge on any atom is 0.230 e. The van der Waals surface area contributed by atoms with Crippen molar-refractivity contribution in [1.29, 1.82) is 0 Å². The Morgan fingerprint density at radius 1 is 1.39 bits per heavy atom. The van der Waals surface area contributed by atoms with E-state index < -0.39 is 0 Å². The number of nitrogens with one attached hydrogen (secondary N) is 1. The molecule has 5 nitrogen and oxygen atoms in total. The van der Waals surface area contributed by atoms with Crippen LogP contribution in [0.3, 0.4) is 0 Å². The highest BCUT2D eigenvalue weighted by Gasteiger charge is 2.30. The monoisotopic (exact) mass is 330 g/mol. The summed E-state index contributed by atoms with van der Waals surface area (Å²) in [5.41, 5.74) is 1.03. The Kier molecular flexibility index (Phi) is 5.00. The Morgan fingerprint density at radius 2 is 2.13 bits per heavy atom. The predicted molar refractivity (Wildman–Crippen MR) is 92.0 cm³/mol. The van der Waals surface area contributed by atoms with E-state index in [1.165, 1.54) is 24.6 Å². The number of hydrogen-bond acceptors (Lipinski definition) is 4. The van der Waals surface area contributed by atoms with Gasteiger partial charge in [-0.2, -0.15) is 0 Å². The van der Waals surface area contributed by atoms with Gasteiger partial charge in [0.25, 0.3) is 0 Å². The van der Waals surface area contributed by atoms with E-state index in [1.807, 2.05) is 41.9 Å². The van der Waals surface area contributed by atoms with Gasteiger partial charge in [0.1, 0.15) is 5.82 Å². The van der Waals surface area contributed by atoms with Gasteiger partial charge < -0.3 is 5.32 Å². The van der Waals surface area contributed by atoms with Gasteiger partial charge in [0.15, 0.2) is 0 Å². The van der Waals surface area contributed by atoms with Crippen molar-refractivity contribution in [2.24, 2.45) is 0 Å². The SMILES string of the molecule is CCC(C)NC(=O)CSc1nc(C2CC2)n(-c2ccccc2)n1. The van der Waals surface area contributed by atoms with E-state index in [1.54, 1.807) is 0 Å². The largest absolute Gasteiger partial charge is 0.353 e. The van der Waals surface area contributed by atoms with Crippen LogP contribution in [0.4, 0.5) is 0 Å². The zero-order valence-corrected chi connectivity index (χ0v) is 14.3. The first-order chi connectivity index (χ1) is 11.2. The van der Waals surface area contributed by atoms with Crippen LogP contribution in [-0.2, 0) is 4.79 Å². The first kappa shape index (κ1) is 16.1. The van der Waals surface area contributed by atoms with Crippen LogP contribution < -0.4 is 5.32 Å². The Labute approximate surface area is 140 Å². The van der Waals surface area contributed by atoms with Crippen molar-refractivity contribution >= 4 is 17.7 Å². The summed E-state index contributed by atoms with van der Waals surface area (Å²) in [6.07, 6.45) is 3.28.